The summed E-state index contributed by atoms with van der Waals surface area (Å²) >= 11 is 0. The van der Waals surface area contributed by atoms with Crippen LogP contribution in [0.15, 0.2) is 48.5 Å². The minimum Gasteiger partial charge on any atom is -0.319 e. The van der Waals surface area contributed by atoms with Gasteiger partial charge in [0, 0.05) is 18.0 Å². The Labute approximate surface area is 124 Å². The summed E-state index contributed by atoms with van der Waals surface area (Å²) in [7, 11) is 1.87. The SMILES string of the molecule is CNCC1(c2ccc(F)cc2F)CC(c2ccccc2)C1. The molecule has 0 amide bonds. The molecule has 0 aliphatic heterocycles. The van der Waals surface area contributed by atoms with Crippen LogP contribution in [0.5, 0.6) is 0 Å². The molecule has 2 aromatic rings. The number of rotatable bonds is 4. The Balaban J connectivity index is 1.87. The molecule has 1 nitrogen and oxygen atoms in total. The summed E-state index contributed by atoms with van der Waals surface area (Å²) in [4.78, 5) is 0. The van der Waals surface area contributed by atoms with Crippen molar-refractivity contribution >= 4 is 0 Å². The molecule has 0 atom stereocenters. The van der Waals surface area contributed by atoms with E-state index in [-0.39, 0.29) is 5.41 Å². The summed E-state index contributed by atoms with van der Waals surface area (Å²) in [5.41, 5.74) is 1.70. The maximum Gasteiger partial charge on any atom is 0.129 e. The van der Waals surface area contributed by atoms with Gasteiger partial charge in [-0.05, 0) is 43.0 Å². The van der Waals surface area contributed by atoms with Crippen molar-refractivity contribution < 1.29 is 8.78 Å². The van der Waals surface area contributed by atoms with Crippen LogP contribution in [0.25, 0.3) is 0 Å². The summed E-state index contributed by atoms with van der Waals surface area (Å²) < 4.78 is 27.3. The summed E-state index contributed by atoms with van der Waals surface area (Å²) in [6.07, 6.45) is 1.78. The van der Waals surface area contributed by atoms with E-state index in [1.165, 1.54) is 11.6 Å². The summed E-state index contributed by atoms with van der Waals surface area (Å²) in [6.45, 7) is 0.707. The lowest BCUT2D eigenvalue weighted by Crippen LogP contribution is -2.47. The highest BCUT2D eigenvalue weighted by Gasteiger charge is 2.46. The van der Waals surface area contributed by atoms with Gasteiger partial charge in [-0.15, -0.1) is 0 Å². The molecular formula is C18H19F2N. The molecule has 1 N–H and O–H groups in total. The van der Waals surface area contributed by atoms with Gasteiger partial charge in [0.05, 0.1) is 0 Å². The zero-order chi connectivity index (χ0) is 14.9. The van der Waals surface area contributed by atoms with E-state index in [2.05, 4.69) is 17.4 Å². The summed E-state index contributed by atoms with van der Waals surface area (Å²) in [5, 5.41) is 3.16. The number of halogens is 2. The van der Waals surface area contributed by atoms with Crippen LogP contribution in [0.3, 0.4) is 0 Å². The molecule has 0 aromatic heterocycles. The van der Waals surface area contributed by atoms with E-state index < -0.39 is 11.6 Å². The quantitative estimate of drug-likeness (QED) is 0.896. The Bertz CT molecular complexity index is 618. The van der Waals surface area contributed by atoms with Gasteiger partial charge in [-0.3, -0.25) is 0 Å². The zero-order valence-electron chi connectivity index (χ0n) is 12.1. The van der Waals surface area contributed by atoms with Crippen LogP contribution >= 0.6 is 0 Å². The van der Waals surface area contributed by atoms with E-state index in [0.717, 1.165) is 18.9 Å². The first-order valence-corrected chi connectivity index (χ1v) is 7.30. The molecular weight excluding hydrogens is 268 g/mol. The molecule has 1 aliphatic carbocycles. The second-order valence-electron chi connectivity index (χ2n) is 5.95. The highest BCUT2D eigenvalue weighted by Crippen LogP contribution is 2.52. The number of hydrogen-bond donors (Lipinski definition) is 1. The van der Waals surface area contributed by atoms with Crippen LogP contribution in [0, 0.1) is 11.6 Å². The van der Waals surface area contributed by atoms with Crippen LogP contribution in [-0.4, -0.2) is 13.6 Å². The number of likely N-dealkylation sites (N-methyl/N-ethyl adjacent to an activating group) is 1. The molecule has 1 fully saturated rings. The summed E-state index contributed by atoms with van der Waals surface area (Å²) in [5.74, 6) is -0.504. The van der Waals surface area contributed by atoms with E-state index in [1.54, 1.807) is 6.07 Å². The third kappa shape index (κ3) is 2.58. The van der Waals surface area contributed by atoms with Crippen LogP contribution in [0.1, 0.15) is 29.9 Å². The standard InChI is InChI=1S/C18H19F2N/c1-21-12-18(16-8-7-15(19)9-17(16)20)10-14(11-18)13-5-3-2-4-6-13/h2-9,14,21H,10-12H2,1H3. The maximum absolute atomic E-state index is 14.2. The molecule has 0 unspecified atom stereocenters. The van der Waals surface area contributed by atoms with E-state index >= 15 is 0 Å². The van der Waals surface area contributed by atoms with E-state index in [9.17, 15) is 8.78 Å². The van der Waals surface area contributed by atoms with Crippen LogP contribution in [0.4, 0.5) is 8.78 Å². The molecule has 1 saturated carbocycles. The third-order valence-electron chi connectivity index (χ3n) is 4.56. The zero-order valence-corrected chi connectivity index (χ0v) is 12.1. The van der Waals surface area contributed by atoms with Crippen molar-refractivity contribution in [3.63, 3.8) is 0 Å². The molecule has 0 heterocycles. The van der Waals surface area contributed by atoms with E-state index in [0.29, 0.717) is 18.0 Å². The monoisotopic (exact) mass is 287 g/mol. The predicted molar refractivity (Wildman–Crippen MR) is 80.4 cm³/mol. The Kier molecular flexibility index (Phi) is 3.77. The van der Waals surface area contributed by atoms with Crippen molar-refractivity contribution in [2.75, 3.05) is 13.6 Å². The number of nitrogens with one attached hydrogen (secondary N) is 1. The number of hydrogen-bond acceptors (Lipinski definition) is 1. The smallest absolute Gasteiger partial charge is 0.129 e. The first kappa shape index (κ1) is 14.2. The molecule has 2 aromatic carbocycles. The number of benzene rings is 2. The normalized spacial score (nSPS) is 24.6. The van der Waals surface area contributed by atoms with Crippen molar-refractivity contribution in [1.82, 2.24) is 5.32 Å². The topological polar surface area (TPSA) is 12.0 Å². The van der Waals surface area contributed by atoms with E-state index in [4.69, 9.17) is 0 Å². The Morgan fingerprint density at radius 3 is 2.43 bits per heavy atom. The predicted octanol–water partition coefficient (Wildman–Crippen LogP) is 4.00. The second kappa shape index (κ2) is 5.57. The van der Waals surface area contributed by atoms with Crippen molar-refractivity contribution in [3.8, 4) is 0 Å². The van der Waals surface area contributed by atoms with Gasteiger partial charge in [0.1, 0.15) is 11.6 Å². The highest BCUT2D eigenvalue weighted by molar-refractivity contribution is 5.36. The third-order valence-corrected chi connectivity index (χ3v) is 4.56. The molecule has 0 spiro atoms. The molecule has 1 aliphatic rings. The second-order valence-corrected chi connectivity index (χ2v) is 5.95. The first-order valence-electron chi connectivity index (χ1n) is 7.30. The van der Waals surface area contributed by atoms with Crippen LogP contribution in [-0.2, 0) is 5.41 Å². The van der Waals surface area contributed by atoms with Crippen molar-refractivity contribution in [1.29, 1.82) is 0 Å². The molecule has 0 bridgehead atoms. The van der Waals surface area contributed by atoms with Crippen molar-refractivity contribution in [2.45, 2.75) is 24.2 Å². The Morgan fingerprint density at radius 2 is 1.81 bits per heavy atom. The fourth-order valence-electron chi connectivity index (χ4n) is 3.56. The Morgan fingerprint density at radius 1 is 1.10 bits per heavy atom. The molecule has 3 heteroatoms. The molecule has 110 valence electrons. The molecule has 0 radical (unpaired) electrons. The van der Waals surface area contributed by atoms with Gasteiger partial charge in [0.25, 0.3) is 0 Å². The van der Waals surface area contributed by atoms with Crippen LogP contribution in [0.2, 0.25) is 0 Å². The van der Waals surface area contributed by atoms with E-state index in [1.807, 2.05) is 25.2 Å². The van der Waals surface area contributed by atoms with Gasteiger partial charge in [-0.1, -0.05) is 36.4 Å². The fourth-order valence-corrected chi connectivity index (χ4v) is 3.56. The summed E-state index contributed by atoms with van der Waals surface area (Å²) in [6, 6.07) is 14.3. The van der Waals surface area contributed by atoms with Gasteiger partial charge < -0.3 is 5.32 Å². The van der Waals surface area contributed by atoms with Gasteiger partial charge in [-0.2, -0.15) is 0 Å². The van der Waals surface area contributed by atoms with Crippen LogP contribution < -0.4 is 5.32 Å². The fraction of sp³-hybridized carbons (Fsp3) is 0.333. The minimum absolute atomic E-state index is 0.229. The Hall–Kier alpha value is -1.74. The molecule has 3 rings (SSSR count). The minimum atomic E-state index is -0.519. The van der Waals surface area contributed by atoms with Gasteiger partial charge in [-0.25, -0.2) is 8.78 Å². The highest BCUT2D eigenvalue weighted by atomic mass is 19.1. The lowest BCUT2D eigenvalue weighted by atomic mass is 9.56. The maximum atomic E-state index is 14.2. The average molecular weight is 287 g/mol. The van der Waals surface area contributed by atoms with Crippen molar-refractivity contribution in [3.05, 3.63) is 71.3 Å². The molecule has 0 saturated heterocycles. The lowest BCUT2D eigenvalue weighted by molar-refractivity contribution is 0.191. The van der Waals surface area contributed by atoms with Gasteiger partial charge >= 0.3 is 0 Å². The lowest BCUT2D eigenvalue weighted by Gasteiger charge is -2.48. The largest absolute Gasteiger partial charge is 0.319 e. The molecule has 21 heavy (non-hydrogen) atoms. The first-order chi connectivity index (χ1) is 10.1. The average Bonchev–Trinajstić information content (AvgIpc) is 2.44. The van der Waals surface area contributed by atoms with Crippen molar-refractivity contribution in [2.24, 2.45) is 0 Å². The van der Waals surface area contributed by atoms with Gasteiger partial charge in [0.15, 0.2) is 0 Å². The van der Waals surface area contributed by atoms with Gasteiger partial charge in [0.2, 0.25) is 0 Å².